The molecular formula is C30H40B2N2O2S2-2. The van der Waals surface area contributed by atoms with Crippen LogP contribution in [0, 0.1) is 0 Å². The largest absolute Gasteiger partial charge is 0.579 e. The highest BCUT2D eigenvalue weighted by atomic mass is 32.1. The lowest BCUT2D eigenvalue weighted by Gasteiger charge is -2.46. The molecule has 0 bridgehead atoms. The fourth-order valence-corrected chi connectivity index (χ4v) is 8.06. The summed E-state index contributed by atoms with van der Waals surface area (Å²) in [4.78, 5) is 10.5. The molecule has 0 saturated carbocycles. The first-order valence-corrected chi connectivity index (χ1v) is 15.6. The van der Waals surface area contributed by atoms with Crippen LogP contribution in [0.1, 0.15) is 55.4 Å². The van der Waals surface area contributed by atoms with E-state index in [4.69, 9.17) is 19.3 Å². The number of aromatic nitrogens is 2. The van der Waals surface area contributed by atoms with Crippen LogP contribution in [0.4, 0.5) is 0 Å². The summed E-state index contributed by atoms with van der Waals surface area (Å²) in [6.07, 6.45) is -2.88. The van der Waals surface area contributed by atoms with Crippen LogP contribution < -0.4 is 20.7 Å². The summed E-state index contributed by atoms with van der Waals surface area (Å²) >= 11 is 3.49. The van der Waals surface area contributed by atoms with E-state index in [0.29, 0.717) is 0 Å². The third-order valence-corrected chi connectivity index (χ3v) is 9.57. The predicted octanol–water partition coefficient (Wildman–Crippen LogP) is 6.06. The van der Waals surface area contributed by atoms with E-state index in [-0.39, 0.29) is 23.8 Å². The number of hydrogen-bond donors (Lipinski definition) is 0. The molecule has 0 aliphatic rings. The minimum Gasteiger partial charge on any atom is -0.579 e. The van der Waals surface area contributed by atoms with E-state index in [9.17, 15) is 0 Å². The Morgan fingerprint density at radius 1 is 0.553 bits per heavy atom. The zero-order valence-electron chi connectivity index (χ0n) is 23.9. The molecule has 0 saturated heterocycles. The zero-order chi connectivity index (χ0) is 27.5. The Kier molecular flexibility index (Phi) is 8.98. The van der Waals surface area contributed by atoms with E-state index in [2.05, 4.69) is 127 Å². The molecule has 4 rings (SSSR count). The van der Waals surface area contributed by atoms with Crippen LogP contribution in [0.15, 0.2) is 71.4 Å². The van der Waals surface area contributed by atoms with Gasteiger partial charge in [-0.3, -0.25) is 9.97 Å². The van der Waals surface area contributed by atoms with Crippen molar-refractivity contribution in [2.75, 3.05) is 0 Å². The predicted molar refractivity (Wildman–Crippen MR) is 169 cm³/mol. The molecule has 8 heteroatoms. The summed E-state index contributed by atoms with van der Waals surface area (Å²) in [5.74, 6) is 0.488. The molecule has 4 heterocycles. The Bertz CT molecular complexity index is 1210. The van der Waals surface area contributed by atoms with Crippen LogP contribution >= 0.6 is 22.7 Å². The van der Waals surface area contributed by atoms with Crippen LogP contribution in [0.25, 0.3) is 11.4 Å². The van der Waals surface area contributed by atoms with Gasteiger partial charge in [-0.15, -0.1) is 21.2 Å². The zero-order valence-corrected chi connectivity index (χ0v) is 25.6. The molecule has 2 unspecified atom stereocenters. The van der Waals surface area contributed by atoms with E-state index in [1.54, 1.807) is 22.7 Å². The van der Waals surface area contributed by atoms with Crippen molar-refractivity contribution in [2.24, 2.45) is 0 Å². The SMILES string of the molecule is CC(C)O[B-](c1cccc(-c2cccc([B-](OC(C)C)(c3cccs3)C(C)C)n2)n1)(c1cccs1)C(C)C. The van der Waals surface area contributed by atoms with Gasteiger partial charge in [0.15, 0.2) is 0 Å². The van der Waals surface area contributed by atoms with Crippen LogP contribution in [-0.4, -0.2) is 34.9 Å². The molecule has 0 amide bonds. The minimum absolute atomic E-state index is 0.0692. The van der Waals surface area contributed by atoms with Gasteiger partial charge in [0.1, 0.15) is 0 Å². The van der Waals surface area contributed by atoms with Crippen LogP contribution in [0.3, 0.4) is 0 Å². The standard InChI is InChI=1S/C30H40B2N2O2S2/c1-21(2)31(35-23(5)6,29-17-11-19-37-29)27-15-9-13-25(33-27)26-14-10-16-28(34-26)32(22(3)4,36-24(7)8)30-18-12-20-38-30/h9-24H,1-8H3/q-2. The number of rotatable bonds is 11. The average Bonchev–Trinajstić information content (AvgIpc) is 3.61. The van der Waals surface area contributed by atoms with Crippen molar-refractivity contribution in [3.8, 4) is 11.4 Å². The Labute approximate surface area is 236 Å². The van der Waals surface area contributed by atoms with Crippen molar-refractivity contribution in [1.82, 2.24) is 9.97 Å². The van der Waals surface area contributed by atoms with Gasteiger partial charge in [-0.1, -0.05) is 87.4 Å². The molecule has 38 heavy (non-hydrogen) atoms. The Balaban J connectivity index is 1.87. The fraction of sp³-hybridized carbons (Fsp3) is 0.400. The topological polar surface area (TPSA) is 44.2 Å². The van der Waals surface area contributed by atoms with Gasteiger partial charge in [0.25, 0.3) is 0 Å². The first kappa shape index (κ1) is 28.8. The van der Waals surface area contributed by atoms with Crippen molar-refractivity contribution in [3.63, 3.8) is 0 Å². The molecule has 4 nitrogen and oxygen atoms in total. The van der Waals surface area contributed by atoms with Crippen LogP contribution in [0.5, 0.6) is 0 Å². The minimum atomic E-state index is -1.51. The molecule has 0 aliphatic heterocycles. The Hall–Kier alpha value is -2.25. The van der Waals surface area contributed by atoms with Gasteiger partial charge in [0.2, 0.25) is 12.7 Å². The molecule has 4 aromatic heterocycles. The maximum absolute atomic E-state index is 6.80. The van der Waals surface area contributed by atoms with Gasteiger partial charge >= 0.3 is 0 Å². The van der Waals surface area contributed by atoms with Gasteiger partial charge in [-0.25, -0.2) is 0 Å². The third-order valence-electron chi connectivity index (χ3n) is 7.47. The van der Waals surface area contributed by atoms with E-state index in [1.165, 1.54) is 9.55 Å². The quantitative estimate of drug-likeness (QED) is 0.215. The van der Waals surface area contributed by atoms with Gasteiger partial charge in [-0.05, 0) is 50.6 Å². The van der Waals surface area contributed by atoms with Gasteiger partial charge < -0.3 is 9.31 Å². The average molecular weight is 546 g/mol. The monoisotopic (exact) mass is 546 g/mol. The molecule has 2 atom stereocenters. The van der Waals surface area contributed by atoms with Gasteiger partial charge in [0.05, 0.1) is 11.4 Å². The summed E-state index contributed by atoms with van der Waals surface area (Å²) in [5, 5.41) is 4.25. The first-order chi connectivity index (χ1) is 18.1. The van der Waals surface area contributed by atoms with Crippen molar-refractivity contribution in [1.29, 1.82) is 0 Å². The summed E-state index contributed by atoms with van der Waals surface area (Å²) in [7, 11) is 0. The number of thiophene rings is 2. The second-order valence-electron chi connectivity index (χ2n) is 11.5. The molecule has 202 valence electrons. The summed E-state index contributed by atoms with van der Waals surface area (Å²) in [6, 6.07) is 21.1. The van der Waals surface area contributed by atoms with Crippen molar-refractivity contribution >= 4 is 56.1 Å². The third kappa shape index (κ3) is 5.42. The Morgan fingerprint density at radius 2 is 0.947 bits per heavy atom. The smallest absolute Gasteiger partial charge is 0.201 e. The normalized spacial score (nSPS) is 15.4. The van der Waals surface area contributed by atoms with Crippen molar-refractivity contribution in [3.05, 3.63) is 71.4 Å². The second kappa shape index (κ2) is 11.9. The lowest BCUT2D eigenvalue weighted by Crippen LogP contribution is -2.64. The van der Waals surface area contributed by atoms with E-state index < -0.39 is 12.7 Å². The molecule has 0 spiro atoms. The summed E-state index contributed by atoms with van der Waals surface area (Å²) < 4.78 is 16.0. The molecule has 0 radical (unpaired) electrons. The molecule has 0 N–H and O–H groups in total. The first-order valence-electron chi connectivity index (χ1n) is 13.8. The highest BCUT2D eigenvalue weighted by Gasteiger charge is 2.38. The van der Waals surface area contributed by atoms with E-state index >= 15 is 0 Å². The number of nitrogens with zero attached hydrogens (tertiary/aromatic N) is 2. The lowest BCUT2D eigenvalue weighted by molar-refractivity contribution is 0.234. The molecule has 4 aromatic rings. The van der Waals surface area contributed by atoms with Crippen molar-refractivity contribution < 1.29 is 9.31 Å². The van der Waals surface area contributed by atoms with E-state index in [0.717, 1.165) is 22.6 Å². The number of pyridine rings is 2. The van der Waals surface area contributed by atoms with Crippen LogP contribution in [0.2, 0.25) is 11.6 Å². The fourth-order valence-electron chi connectivity index (χ4n) is 5.81. The summed E-state index contributed by atoms with van der Waals surface area (Å²) in [5.41, 5.74) is 3.64. The van der Waals surface area contributed by atoms with Crippen LogP contribution in [-0.2, 0) is 9.31 Å². The van der Waals surface area contributed by atoms with Crippen molar-refractivity contribution in [2.45, 2.75) is 79.2 Å². The highest BCUT2D eigenvalue weighted by Crippen LogP contribution is 2.28. The van der Waals surface area contributed by atoms with Gasteiger partial charge in [-0.2, -0.15) is 22.7 Å². The lowest BCUT2D eigenvalue weighted by atomic mass is 9.30. The molecule has 0 aromatic carbocycles. The molecule has 0 fully saturated rings. The maximum atomic E-state index is 6.80. The Morgan fingerprint density at radius 3 is 1.24 bits per heavy atom. The molecule has 0 aliphatic carbocycles. The summed E-state index contributed by atoms with van der Waals surface area (Å²) in [6.45, 7) is 17.4. The van der Waals surface area contributed by atoms with Gasteiger partial charge in [0, 0.05) is 12.2 Å². The highest BCUT2D eigenvalue weighted by molar-refractivity contribution is 7.27. The maximum Gasteiger partial charge on any atom is 0.201 e. The molecular weight excluding hydrogens is 506 g/mol. The number of hydrogen-bond acceptors (Lipinski definition) is 6. The van der Waals surface area contributed by atoms with E-state index in [1.807, 2.05) is 0 Å². The second-order valence-corrected chi connectivity index (χ2v) is 13.4.